The number of hydrogen-bond donors (Lipinski definition) is 2. The number of carbonyl (C=O) groups is 1. The van der Waals surface area contributed by atoms with Crippen LogP contribution in [0.2, 0.25) is 0 Å². The Kier molecular flexibility index (Phi) is 8.25. The Morgan fingerprint density at radius 1 is 1.28 bits per heavy atom. The second kappa shape index (κ2) is 9.91. The molecule has 1 aromatic carbocycles. The number of rotatable bonds is 7. The molecule has 0 aliphatic heterocycles. The lowest BCUT2D eigenvalue weighted by Crippen LogP contribution is -2.49. The van der Waals surface area contributed by atoms with Crippen molar-refractivity contribution in [2.75, 3.05) is 27.2 Å². The molecule has 1 amide bonds. The highest BCUT2D eigenvalue weighted by Crippen LogP contribution is 2.12. The van der Waals surface area contributed by atoms with Crippen LogP contribution in [0.3, 0.4) is 0 Å². The van der Waals surface area contributed by atoms with Gasteiger partial charge in [0, 0.05) is 19.6 Å². The molecule has 1 aromatic rings. The first-order chi connectivity index (χ1) is 11.7. The average molecular weight is 348 g/mol. The van der Waals surface area contributed by atoms with E-state index >= 15 is 0 Å². The van der Waals surface area contributed by atoms with Crippen molar-refractivity contribution in [2.24, 2.45) is 4.99 Å². The summed E-state index contributed by atoms with van der Waals surface area (Å²) in [7, 11) is 3.55. The van der Waals surface area contributed by atoms with Gasteiger partial charge in [0.1, 0.15) is 11.9 Å². The van der Waals surface area contributed by atoms with Crippen molar-refractivity contribution in [3.05, 3.63) is 30.3 Å². The molecule has 0 aliphatic carbocycles. The molecule has 0 aromatic heterocycles. The zero-order valence-electron chi connectivity index (χ0n) is 16.3. The van der Waals surface area contributed by atoms with E-state index in [1.807, 2.05) is 58.2 Å². The van der Waals surface area contributed by atoms with E-state index in [9.17, 15) is 4.79 Å². The second-order valence-electron chi connectivity index (χ2n) is 7.04. The van der Waals surface area contributed by atoms with E-state index in [0.29, 0.717) is 12.5 Å². The molecule has 0 heterocycles. The number of para-hydroxylation sites is 1. The van der Waals surface area contributed by atoms with Gasteiger partial charge in [-0.1, -0.05) is 25.1 Å². The number of ether oxygens (including phenoxy) is 1. The maximum atomic E-state index is 12.1. The summed E-state index contributed by atoms with van der Waals surface area (Å²) in [6.07, 6.45) is 0.892. The summed E-state index contributed by atoms with van der Waals surface area (Å²) in [6.45, 7) is 8.83. The van der Waals surface area contributed by atoms with Gasteiger partial charge < -0.3 is 20.3 Å². The lowest BCUT2D eigenvalue weighted by molar-refractivity contribution is -0.122. The summed E-state index contributed by atoms with van der Waals surface area (Å²) in [5.41, 5.74) is -0.244. The van der Waals surface area contributed by atoms with Gasteiger partial charge in [0.15, 0.2) is 5.96 Å². The number of nitrogens with one attached hydrogen (secondary N) is 2. The fraction of sp³-hybridized carbons (Fsp3) is 0.579. The van der Waals surface area contributed by atoms with Crippen LogP contribution in [0, 0.1) is 0 Å². The second-order valence-corrected chi connectivity index (χ2v) is 7.04. The van der Waals surface area contributed by atoms with Crippen molar-refractivity contribution < 1.29 is 9.53 Å². The lowest BCUT2D eigenvalue weighted by Gasteiger charge is -2.26. The van der Waals surface area contributed by atoms with Crippen LogP contribution in [0.1, 0.15) is 34.1 Å². The van der Waals surface area contributed by atoms with E-state index in [-0.39, 0.29) is 24.1 Å². The van der Waals surface area contributed by atoms with Gasteiger partial charge in [0.2, 0.25) is 5.91 Å². The number of hydrogen-bond acceptors (Lipinski definition) is 3. The van der Waals surface area contributed by atoms with Crippen molar-refractivity contribution in [1.82, 2.24) is 15.5 Å². The monoisotopic (exact) mass is 348 g/mol. The smallest absolute Gasteiger partial charge is 0.240 e. The van der Waals surface area contributed by atoms with Crippen LogP contribution >= 0.6 is 0 Å². The third-order valence-corrected chi connectivity index (χ3v) is 3.46. The molecule has 2 N–H and O–H groups in total. The van der Waals surface area contributed by atoms with Crippen LogP contribution in [0.4, 0.5) is 0 Å². The Hall–Kier alpha value is -2.24. The largest absolute Gasteiger partial charge is 0.489 e. The van der Waals surface area contributed by atoms with Crippen LogP contribution in [0.5, 0.6) is 5.75 Å². The molecular formula is C19H32N4O2. The first kappa shape index (κ1) is 20.8. The molecule has 1 atom stereocenters. The van der Waals surface area contributed by atoms with Gasteiger partial charge in [0.05, 0.1) is 13.1 Å². The van der Waals surface area contributed by atoms with Gasteiger partial charge in [-0.05, 0) is 39.3 Å². The minimum atomic E-state index is -0.244. The average Bonchev–Trinajstić information content (AvgIpc) is 2.53. The quantitative estimate of drug-likeness (QED) is 0.586. The highest BCUT2D eigenvalue weighted by molar-refractivity contribution is 5.86. The molecule has 0 saturated carbocycles. The molecule has 6 nitrogen and oxygen atoms in total. The summed E-state index contributed by atoms with van der Waals surface area (Å²) in [4.78, 5) is 18.1. The van der Waals surface area contributed by atoms with Crippen LogP contribution in [-0.4, -0.2) is 55.6 Å². The fourth-order valence-corrected chi connectivity index (χ4v) is 2.30. The minimum absolute atomic E-state index is 0.0240. The summed E-state index contributed by atoms with van der Waals surface area (Å²) in [6, 6.07) is 9.76. The SMILES string of the molecule is CCC(CNC(=NC)N(C)CC(=O)NC(C)(C)C)Oc1ccccc1. The number of amides is 1. The Balaban J connectivity index is 2.52. The number of likely N-dealkylation sites (N-methyl/N-ethyl adjacent to an activating group) is 1. The van der Waals surface area contributed by atoms with E-state index in [2.05, 4.69) is 22.5 Å². The van der Waals surface area contributed by atoms with E-state index in [1.54, 1.807) is 11.9 Å². The van der Waals surface area contributed by atoms with E-state index < -0.39 is 0 Å². The van der Waals surface area contributed by atoms with E-state index in [0.717, 1.165) is 12.2 Å². The van der Waals surface area contributed by atoms with Gasteiger partial charge in [-0.2, -0.15) is 0 Å². The van der Waals surface area contributed by atoms with Crippen molar-refractivity contribution in [2.45, 2.75) is 45.8 Å². The predicted molar refractivity (Wildman–Crippen MR) is 103 cm³/mol. The number of aliphatic imine (C=N–C) groups is 1. The van der Waals surface area contributed by atoms with Crippen molar-refractivity contribution in [1.29, 1.82) is 0 Å². The lowest BCUT2D eigenvalue weighted by atomic mass is 10.1. The number of nitrogens with zero attached hydrogens (tertiary/aromatic N) is 2. The molecule has 1 rings (SSSR count). The van der Waals surface area contributed by atoms with Gasteiger partial charge in [-0.25, -0.2) is 0 Å². The van der Waals surface area contributed by atoms with Gasteiger partial charge in [-0.3, -0.25) is 9.79 Å². The van der Waals surface area contributed by atoms with Crippen LogP contribution in [0.15, 0.2) is 35.3 Å². The summed E-state index contributed by atoms with van der Waals surface area (Å²) >= 11 is 0. The van der Waals surface area contributed by atoms with Gasteiger partial charge in [-0.15, -0.1) is 0 Å². The van der Waals surface area contributed by atoms with Crippen LogP contribution in [-0.2, 0) is 4.79 Å². The molecule has 0 fully saturated rings. The normalized spacial score (nSPS) is 13.1. The standard InChI is InChI=1S/C19H32N4O2/c1-7-15(25-16-11-9-8-10-12-16)13-21-18(20-5)23(6)14-17(24)22-19(2,3)4/h8-12,15H,7,13-14H2,1-6H3,(H,20,21)(H,22,24). The Morgan fingerprint density at radius 3 is 2.44 bits per heavy atom. The number of guanidine groups is 1. The molecule has 0 aliphatic rings. The van der Waals surface area contributed by atoms with Crippen molar-refractivity contribution in [3.8, 4) is 5.75 Å². The van der Waals surface area contributed by atoms with Crippen LogP contribution < -0.4 is 15.4 Å². The minimum Gasteiger partial charge on any atom is -0.489 e. The molecule has 0 saturated heterocycles. The van der Waals surface area contributed by atoms with Crippen molar-refractivity contribution >= 4 is 11.9 Å². The Morgan fingerprint density at radius 2 is 1.92 bits per heavy atom. The zero-order chi connectivity index (χ0) is 18.9. The molecular weight excluding hydrogens is 316 g/mol. The fourth-order valence-electron chi connectivity index (χ4n) is 2.30. The van der Waals surface area contributed by atoms with Gasteiger partial charge >= 0.3 is 0 Å². The summed E-state index contributed by atoms with van der Waals surface area (Å²) < 4.78 is 5.97. The topological polar surface area (TPSA) is 66.0 Å². The molecule has 25 heavy (non-hydrogen) atoms. The molecule has 1 unspecified atom stereocenters. The first-order valence-electron chi connectivity index (χ1n) is 8.69. The summed E-state index contributed by atoms with van der Waals surface area (Å²) in [5, 5.41) is 6.23. The Labute approximate surface area is 151 Å². The summed E-state index contributed by atoms with van der Waals surface area (Å²) in [5.74, 6) is 1.48. The predicted octanol–water partition coefficient (Wildman–Crippen LogP) is 2.27. The zero-order valence-corrected chi connectivity index (χ0v) is 16.3. The number of carbonyl (C=O) groups excluding carboxylic acids is 1. The third kappa shape index (κ3) is 8.42. The van der Waals surface area contributed by atoms with Crippen molar-refractivity contribution in [3.63, 3.8) is 0 Å². The molecule has 0 radical (unpaired) electrons. The van der Waals surface area contributed by atoms with E-state index in [1.165, 1.54) is 0 Å². The maximum absolute atomic E-state index is 12.1. The molecule has 6 heteroatoms. The van der Waals surface area contributed by atoms with E-state index in [4.69, 9.17) is 4.74 Å². The molecule has 0 bridgehead atoms. The highest BCUT2D eigenvalue weighted by atomic mass is 16.5. The first-order valence-corrected chi connectivity index (χ1v) is 8.69. The van der Waals surface area contributed by atoms with Gasteiger partial charge in [0.25, 0.3) is 0 Å². The van der Waals surface area contributed by atoms with Crippen LogP contribution in [0.25, 0.3) is 0 Å². The highest BCUT2D eigenvalue weighted by Gasteiger charge is 2.17. The molecule has 0 spiro atoms. The Bertz CT molecular complexity index is 552. The maximum Gasteiger partial charge on any atom is 0.240 e. The third-order valence-electron chi connectivity index (χ3n) is 3.46. The molecule has 140 valence electrons. The number of benzene rings is 1.